The normalized spacial score (nSPS) is 10.7. The van der Waals surface area contributed by atoms with Crippen molar-refractivity contribution in [3.8, 4) is 0 Å². The number of nitrogens with zero attached hydrogens (tertiary/aromatic N) is 2. The first-order valence-corrected chi connectivity index (χ1v) is 5.82. The summed E-state index contributed by atoms with van der Waals surface area (Å²) >= 11 is 1.62. The van der Waals surface area contributed by atoms with Crippen LogP contribution in [0.4, 0.5) is 0 Å². The lowest BCUT2D eigenvalue weighted by Gasteiger charge is -2.17. The molecule has 0 aliphatic rings. The molecule has 0 saturated heterocycles. The average molecular weight is 240 g/mol. The third-order valence-corrected chi connectivity index (χ3v) is 3.17. The van der Waals surface area contributed by atoms with E-state index in [-0.39, 0.29) is 6.54 Å². The van der Waals surface area contributed by atoms with Gasteiger partial charge in [0.2, 0.25) is 0 Å². The fourth-order valence-electron chi connectivity index (χ4n) is 1.48. The van der Waals surface area contributed by atoms with E-state index >= 15 is 0 Å². The number of aryl methyl sites for hydroxylation is 2. The molecule has 16 heavy (non-hydrogen) atoms. The molecular formula is C11H16N2O2S. The minimum absolute atomic E-state index is 0.0302. The third-order valence-electron chi connectivity index (χ3n) is 2.11. The standard InChI is InChI=1S/C11H16N2O2S/c1-4-5-13(7-11(14)15)6-10-8(2)12-9(3)16-10/h4H,1,5-7H2,2-3H3,(H,14,15). The molecule has 5 heteroatoms. The zero-order valence-electron chi connectivity index (χ0n) is 9.56. The van der Waals surface area contributed by atoms with Gasteiger partial charge >= 0.3 is 5.97 Å². The van der Waals surface area contributed by atoms with Gasteiger partial charge in [-0.25, -0.2) is 4.98 Å². The molecule has 0 unspecified atom stereocenters. The highest BCUT2D eigenvalue weighted by molar-refractivity contribution is 7.11. The Kier molecular flexibility index (Phi) is 4.64. The Morgan fingerprint density at radius 1 is 1.62 bits per heavy atom. The van der Waals surface area contributed by atoms with Crippen LogP contribution < -0.4 is 0 Å². The van der Waals surface area contributed by atoms with Crippen LogP contribution >= 0.6 is 11.3 Å². The van der Waals surface area contributed by atoms with Crippen molar-refractivity contribution in [2.75, 3.05) is 13.1 Å². The Morgan fingerprint density at radius 2 is 2.31 bits per heavy atom. The van der Waals surface area contributed by atoms with Crippen LogP contribution in [0, 0.1) is 13.8 Å². The molecule has 1 aromatic heterocycles. The molecular weight excluding hydrogens is 224 g/mol. The van der Waals surface area contributed by atoms with Gasteiger partial charge in [-0.3, -0.25) is 9.69 Å². The Bertz CT molecular complexity index is 387. The number of carboxylic acids is 1. The summed E-state index contributed by atoms with van der Waals surface area (Å²) in [7, 11) is 0. The van der Waals surface area contributed by atoms with E-state index in [2.05, 4.69) is 11.6 Å². The van der Waals surface area contributed by atoms with E-state index in [0.717, 1.165) is 15.6 Å². The summed E-state index contributed by atoms with van der Waals surface area (Å²) in [6.45, 7) is 8.76. The number of hydrogen-bond acceptors (Lipinski definition) is 4. The summed E-state index contributed by atoms with van der Waals surface area (Å²) in [5.41, 5.74) is 0.988. The molecule has 1 aromatic rings. The van der Waals surface area contributed by atoms with Crippen molar-refractivity contribution in [2.24, 2.45) is 0 Å². The molecule has 1 N–H and O–H groups in total. The highest BCUT2D eigenvalue weighted by Gasteiger charge is 2.12. The van der Waals surface area contributed by atoms with Crippen LogP contribution in [0.5, 0.6) is 0 Å². The predicted octanol–water partition coefficient (Wildman–Crippen LogP) is 1.83. The van der Waals surface area contributed by atoms with Gasteiger partial charge in [0.05, 0.1) is 17.2 Å². The molecule has 0 atom stereocenters. The van der Waals surface area contributed by atoms with E-state index in [1.54, 1.807) is 17.4 Å². The molecule has 0 aliphatic heterocycles. The maximum absolute atomic E-state index is 10.7. The van der Waals surface area contributed by atoms with Crippen LogP contribution in [-0.2, 0) is 11.3 Å². The molecule has 4 nitrogen and oxygen atoms in total. The first kappa shape index (κ1) is 12.9. The van der Waals surface area contributed by atoms with Gasteiger partial charge in [-0.2, -0.15) is 0 Å². The van der Waals surface area contributed by atoms with E-state index < -0.39 is 5.97 Å². The lowest BCUT2D eigenvalue weighted by Crippen LogP contribution is -2.29. The minimum atomic E-state index is -0.819. The summed E-state index contributed by atoms with van der Waals surface area (Å²) in [5, 5.41) is 9.79. The van der Waals surface area contributed by atoms with Crippen molar-refractivity contribution >= 4 is 17.3 Å². The van der Waals surface area contributed by atoms with Gasteiger partial charge in [0.25, 0.3) is 0 Å². The number of carboxylic acid groups (broad SMARTS) is 1. The van der Waals surface area contributed by atoms with Crippen molar-refractivity contribution < 1.29 is 9.90 Å². The number of hydrogen-bond donors (Lipinski definition) is 1. The van der Waals surface area contributed by atoms with Crippen molar-refractivity contribution in [2.45, 2.75) is 20.4 Å². The van der Waals surface area contributed by atoms with Crippen LogP contribution in [0.25, 0.3) is 0 Å². The molecule has 0 spiro atoms. The molecule has 0 aliphatic carbocycles. The van der Waals surface area contributed by atoms with Gasteiger partial charge in [0.15, 0.2) is 0 Å². The van der Waals surface area contributed by atoms with Crippen molar-refractivity contribution in [1.29, 1.82) is 0 Å². The van der Waals surface area contributed by atoms with E-state index in [1.807, 2.05) is 18.7 Å². The summed E-state index contributed by atoms with van der Waals surface area (Å²) in [6.07, 6.45) is 1.71. The maximum atomic E-state index is 10.7. The zero-order chi connectivity index (χ0) is 12.1. The van der Waals surface area contributed by atoms with Crippen molar-refractivity contribution in [3.63, 3.8) is 0 Å². The van der Waals surface area contributed by atoms with Gasteiger partial charge < -0.3 is 5.11 Å². The summed E-state index contributed by atoms with van der Waals surface area (Å²) in [5.74, 6) is -0.819. The monoisotopic (exact) mass is 240 g/mol. The molecule has 0 amide bonds. The Morgan fingerprint density at radius 3 is 2.75 bits per heavy atom. The van der Waals surface area contributed by atoms with Gasteiger partial charge in [-0.05, 0) is 13.8 Å². The second-order valence-electron chi connectivity index (χ2n) is 3.59. The van der Waals surface area contributed by atoms with Crippen LogP contribution in [0.2, 0.25) is 0 Å². The zero-order valence-corrected chi connectivity index (χ0v) is 10.4. The largest absolute Gasteiger partial charge is 0.480 e. The second-order valence-corrected chi connectivity index (χ2v) is 4.88. The SMILES string of the molecule is C=CCN(CC(=O)O)Cc1sc(C)nc1C. The average Bonchev–Trinajstić information content (AvgIpc) is 2.44. The fourth-order valence-corrected chi connectivity index (χ4v) is 2.46. The van der Waals surface area contributed by atoms with Gasteiger partial charge in [0, 0.05) is 18.0 Å². The Hall–Kier alpha value is -1.20. The lowest BCUT2D eigenvalue weighted by molar-refractivity contribution is -0.138. The fraction of sp³-hybridized carbons (Fsp3) is 0.455. The van der Waals surface area contributed by atoms with Crippen molar-refractivity contribution in [3.05, 3.63) is 28.2 Å². The Balaban J connectivity index is 2.70. The second kappa shape index (κ2) is 5.77. The number of thiazole rings is 1. The summed E-state index contributed by atoms with van der Waals surface area (Å²) in [6, 6.07) is 0. The maximum Gasteiger partial charge on any atom is 0.317 e. The van der Waals surface area contributed by atoms with E-state index in [1.165, 1.54) is 0 Å². The highest BCUT2D eigenvalue weighted by atomic mass is 32.1. The first-order valence-electron chi connectivity index (χ1n) is 5.01. The summed E-state index contributed by atoms with van der Waals surface area (Å²) < 4.78 is 0. The molecule has 0 aromatic carbocycles. The van der Waals surface area contributed by atoms with E-state index in [9.17, 15) is 4.79 Å². The van der Waals surface area contributed by atoms with Gasteiger partial charge in [0.1, 0.15) is 0 Å². The molecule has 1 rings (SSSR count). The molecule has 0 bridgehead atoms. The summed E-state index contributed by atoms with van der Waals surface area (Å²) in [4.78, 5) is 18.0. The van der Waals surface area contributed by atoms with E-state index in [0.29, 0.717) is 13.1 Å². The molecule has 0 radical (unpaired) electrons. The van der Waals surface area contributed by atoms with Crippen LogP contribution in [0.3, 0.4) is 0 Å². The quantitative estimate of drug-likeness (QED) is 0.771. The Labute approximate surface area is 99.2 Å². The number of aliphatic carboxylic acids is 1. The molecule has 1 heterocycles. The molecule has 0 fully saturated rings. The van der Waals surface area contributed by atoms with Crippen LogP contribution in [-0.4, -0.2) is 34.0 Å². The molecule has 0 saturated carbocycles. The molecule has 88 valence electrons. The number of carbonyl (C=O) groups is 1. The highest BCUT2D eigenvalue weighted by Crippen LogP contribution is 2.18. The van der Waals surface area contributed by atoms with Crippen LogP contribution in [0.1, 0.15) is 15.6 Å². The topological polar surface area (TPSA) is 53.4 Å². The smallest absolute Gasteiger partial charge is 0.317 e. The number of rotatable bonds is 6. The third kappa shape index (κ3) is 3.75. The predicted molar refractivity (Wildman–Crippen MR) is 64.7 cm³/mol. The first-order chi connectivity index (χ1) is 7.52. The lowest BCUT2D eigenvalue weighted by atomic mass is 10.3. The van der Waals surface area contributed by atoms with E-state index in [4.69, 9.17) is 5.11 Å². The van der Waals surface area contributed by atoms with Crippen molar-refractivity contribution in [1.82, 2.24) is 9.88 Å². The van der Waals surface area contributed by atoms with Crippen LogP contribution in [0.15, 0.2) is 12.7 Å². The van der Waals surface area contributed by atoms with Gasteiger partial charge in [-0.15, -0.1) is 17.9 Å². The minimum Gasteiger partial charge on any atom is -0.480 e. The number of aromatic nitrogens is 1. The van der Waals surface area contributed by atoms with Gasteiger partial charge in [-0.1, -0.05) is 6.08 Å².